The highest BCUT2D eigenvalue weighted by atomic mass is 32.2. The quantitative estimate of drug-likeness (QED) is 0.711. The van der Waals surface area contributed by atoms with Crippen molar-refractivity contribution in [1.29, 1.82) is 0 Å². The van der Waals surface area contributed by atoms with Crippen molar-refractivity contribution in [3.63, 3.8) is 0 Å². The molecule has 0 unspecified atom stereocenters. The highest BCUT2D eigenvalue weighted by Gasteiger charge is 2.21. The average Bonchev–Trinajstić information content (AvgIpc) is 3.10. The number of thiophene rings is 1. The maximum atomic E-state index is 12.6. The first-order valence-electron chi connectivity index (χ1n) is 8.98. The Balaban J connectivity index is 1.55. The number of nitrogens with one attached hydrogen (secondary N) is 1. The van der Waals surface area contributed by atoms with Gasteiger partial charge in [0.05, 0.1) is 10.9 Å². The van der Waals surface area contributed by atoms with Crippen molar-refractivity contribution in [3.05, 3.63) is 46.2 Å². The number of carbonyl (C=O) groups is 1. The Labute approximate surface area is 166 Å². The lowest BCUT2D eigenvalue weighted by Crippen LogP contribution is -2.34. The molecule has 0 radical (unpaired) electrons. The topological polar surface area (TPSA) is 71.0 Å². The molecule has 4 rings (SSSR count). The van der Waals surface area contributed by atoms with E-state index in [9.17, 15) is 4.79 Å². The average molecular weight is 400 g/mol. The van der Waals surface area contributed by atoms with Gasteiger partial charge in [0.15, 0.2) is 0 Å². The fourth-order valence-corrected chi connectivity index (χ4v) is 4.82. The molecule has 1 saturated heterocycles. The molecular weight excluding hydrogens is 378 g/mol. The van der Waals surface area contributed by atoms with Gasteiger partial charge in [0.1, 0.15) is 5.82 Å². The van der Waals surface area contributed by atoms with Crippen molar-refractivity contribution in [2.75, 3.05) is 36.0 Å². The summed E-state index contributed by atoms with van der Waals surface area (Å²) >= 11 is 3.62. The molecule has 0 aliphatic carbocycles. The Morgan fingerprint density at radius 2 is 2.15 bits per heavy atom. The summed E-state index contributed by atoms with van der Waals surface area (Å²) in [5.74, 6) is 3.09. The molecule has 4 heterocycles. The van der Waals surface area contributed by atoms with Crippen molar-refractivity contribution < 1.29 is 4.79 Å². The SMILES string of the molecule is Cc1scc2nc(C(=O)NCCc3cccnc3)nc(N3CCSCC3)c12. The second-order valence-corrected chi connectivity index (χ2v) is 8.70. The molecular formula is C19H21N5OS2. The van der Waals surface area contributed by atoms with Crippen LogP contribution in [0.5, 0.6) is 0 Å². The number of aryl methyl sites for hydroxylation is 1. The standard InChI is InChI=1S/C19H21N5OS2/c1-13-16-15(12-27-13)22-17(23-18(16)24-7-9-26-10-8-24)19(25)21-6-4-14-3-2-5-20-11-14/h2-3,5,11-12H,4,6-10H2,1H3,(H,21,25). The van der Waals surface area contributed by atoms with Crippen LogP contribution in [0.1, 0.15) is 21.1 Å². The van der Waals surface area contributed by atoms with Crippen LogP contribution >= 0.6 is 23.1 Å². The molecule has 27 heavy (non-hydrogen) atoms. The molecule has 0 saturated carbocycles. The van der Waals surface area contributed by atoms with Crippen LogP contribution in [0.2, 0.25) is 0 Å². The summed E-state index contributed by atoms with van der Waals surface area (Å²) in [5.41, 5.74) is 1.95. The number of amides is 1. The monoisotopic (exact) mass is 399 g/mol. The van der Waals surface area contributed by atoms with E-state index in [1.165, 1.54) is 4.88 Å². The van der Waals surface area contributed by atoms with Crippen LogP contribution in [0.15, 0.2) is 29.9 Å². The number of hydrogen-bond acceptors (Lipinski definition) is 7. The highest BCUT2D eigenvalue weighted by Crippen LogP contribution is 2.32. The summed E-state index contributed by atoms with van der Waals surface area (Å²) in [5, 5.41) is 6.04. The van der Waals surface area contributed by atoms with E-state index >= 15 is 0 Å². The molecule has 1 aliphatic heterocycles. The molecule has 6 nitrogen and oxygen atoms in total. The van der Waals surface area contributed by atoms with Gasteiger partial charge in [-0.2, -0.15) is 11.8 Å². The number of pyridine rings is 1. The van der Waals surface area contributed by atoms with Crippen LogP contribution in [0.3, 0.4) is 0 Å². The molecule has 0 aromatic carbocycles. The first-order valence-corrected chi connectivity index (χ1v) is 11.0. The molecule has 0 atom stereocenters. The van der Waals surface area contributed by atoms with Crippen LogP contribution in [0, 0.1) is 6.92 Å². The lowest BCUT2D eigenvalue weighted by molar-refractivity contribution is 0.0944. The second kappa shape index (κ2) is 8.22. The Hall–Kier alpha value is -2.19. The minimum absolute atomic E-state index is 0.225. The largest absolute Gasteiger partial charge is 0.354 e. The highest BCUT2D eigenvalue weighted by molar-refractivity contribution is 7.99. The molecule has 3 aromatic rings. The van der Waals surface area contributed by atoms with E-state index in [0.29, 0.717) is 6.54 Å². The molecule has 1 aliphatic rings. The third-order valence-corrected chi connectivity index (χ3v) is 6.39. The van der Waals surface area contributed by atoms with Crippen LogP contribution in [0.25, 0.3) is 10.9 Å². The first-order chi connectivity index (χ1) is 13.2. The molecule has 1 N–H and O–H groups in total. The van der Waals surface area contributed by atoms with Gasteiger partial charge in [-0.1, -0.05) is 6.07 Å². The number of rotatable bonds is 5. The second-order valence-electron chi connectivity index (χ2n) is 6.39. The van der Waals surface area contributed by atoms with Crippen molar-refractivity contribution in [2.24, 2.45) is 0 Å². The molecule has 1 fully saturated rings. The minimum Gasteiger partial charge on any atom is -0.354 e. The summed E-state index contributed by atoms with van der Waals surface area (Å²) in [4.78, 5) is 29.4. The van der Waals surface area contributed by atoms with Gasteiger partial charge >= 0.3 is 0 Å². The van der Waals surface area contributed by atoms with Crippen LogP contribution in [-0.4, -0.2) is 52.0 Å². The van der Waals surface area contributed by atoms with Gasteiger partial charge in [0, 0.05) is 53.8 Å². The maximum absolute atomic E-state index is 12.6. The van der Waals surface area contributed by atoms with Crippen LogP contribution < -0.4 is 10.2 Å². The fourth-order valence-electron chi connectivity index (χ4n) is 3.14. The van der Waals surface area contributed by atoms with Crippen LogP contribution in [0.4, 0.5) is 5.82 Å². The van der Waals surface area contributed by atoms with Crippen LogP contribution in [-0.2, 0) is 6.42 Å². The molecule has 1 amide bonds. The van der Waals surface area contributed by atoms with E-state index in [4.69, 9.17) is 0 Å². The van der Waals surface area contributed by atoms with Gasteiger partial charge in [0.25, 0.3) is 5.91 Å². The molecule has 3 aromatic heterocycles. The predicted molar refractivity (Wildman–Crippen MR) is 112 cm³/mol. The number of nitrogens with zero attached hydrogens (tertiary/aromatic N) is 4. The number of carbonyl (C=O) groups excluding carboxylic acids is 1. The number of thioether (sulfide) groups is 1. The number of anilines is 1. The summed E-state index contributed by atoms with van der Waals surface area (Å²) in [6.45, 7) is 4.53. The fraction of sp³-hybridized carbons (Fsp3) is 0.368. The minimum atomic E-state index is -0.225. The summed E-state index contributed by atoms with van der Waals surface area (Å²) in [7, 11) is 0. The zero-order valence-corrected chi connectivity index (χ0v) is 16.8. The Bertz CT molecular complexity index is 938. The van der Waals surface area contributed by atoms with Gasteiger partial charge in [-0.05, 0) is 25.0 Å². The van der Waals surface area contributed by atoms with Gasteiger partial charge < -0.3 is 10.2 Å². The van der Waals surface area contributed by atoms with Gasteiger partial charge in [-0.25, -0.2) is 9.97 Å². The van der Waals surface area contributed by atoms with E-state index in [1.807, 2.05) is 35.5 Å². The summed E-state index contributed by atoms with van der Waals surface area (Å²) in [6.07, 6.45) is 4.29. The predicted octanol–water partition coefficient (Wildman–Crippen LogP) is 2.92. The number of hydrogen-bond donors (Lipinski definition) is 1. The third-order valence-electron chi connectivity index (χ3n) is 4.55. The van der Waals surface area contributed by atoms with Crippen molar-refractivity contribution in [2.45, 2.75) is 13.3 Å². The van der Waals surface area contributed by atoms with E-state index in [0.717, 1.165) is 53.3 Å². The summed E-state index contributed by atoms with van der Waals surface area (Å²) < 4.78 is 0. The van der Waals surface area contributed by atoms with E-state index in [2.05, 4.69) is 32.1 Å². The Morgan fingerprint density at radius 1 is 1.30 bits per heavy atom. The molecule has 0 spiro atoms. The first kappa shape index (κ1) is 18.2. The van der Waals surface area contributed by atoms with E-state index in [1.54, 1.807) is 17.5 Å². The lowest BCUT2D eigenvalue weighted by Gasteiger charge is -2.28. The Kier molecular flexibility index (Phi) is 5.54. The summed E-state index contributed by atoms with van der Waals surface area (Å²) in [6, 6.07) is 3.90. The van der Waals surface area contributed by atoms with E-state index < -0.39 is 0 Å². The normalized spacial score (nSPS) is 14.5. The van der Waals surface area contributed by atoms with Gasteiger partial charge in [-0.3, -0.25) is 9.78 Å². The van der Waals surface area contributed by atoms with E-state index in [-0.39, 0.29) is 11.7 Å². The Morgan fingerprint density at radius 3 is 2.93 bits per heavy atom. The smallest absolute Gasteiger partial charge is 0.289 e. The van der Waals surface area contributed by atoms with Gasteiger partial charge in [-0.15, -0.1) is 11.3 Å². The van der Waals surface area contributed by atoms with Gasteiger partial charge in [0.2, 0.25) is 5.82 Å². The zero-order chi connectivity index (χ0) is 18.6. The number of aromatic nitrogens is 3. The van der Waals surface area contributed by atoms with Crippen molar-refractivity contribution in [1.82, 2.24) is 20.3 Å². The third kappa shape index (κ3) is 4.06. The van der Waals surface area contributed by atoms with Crippen molar-refractivity contribution in [3.8, 4) is 0 Å². The molecule has 140 valence electrons. The molecule has 8 heteroatoms. The lowest BCUT2D eigenvalue weighted by atomic mass is 10.2. The zero-order valence-electron chi connectivity index (χ0n) is 15.1. The maximum Gasteiger partial charge on any atom is 0.289 e. The molecule has 0 bridgehead atoms. The van der Waals surface area contributed by atoms with Crippen molar-refractivity contribution >= 4 is 45.7 Å². The number of fused-ring (bicyclic) bond motifs is 1.